The normalized spacial score (nSPS) is 29.0. The number of hydrogen-bond acceptors (Lipinski definition) is 0. The lowest BCUT2D eigenvalue weighted by Crippen LogP contribution is -2.08. The maximum Gasteiger partial charge on any atom is -0.0128 e. The van der Waals surface area contributed by atoms with Crippen molar-refractivity contribution in [3.8, 4) is 0 Å². The Hall–Kier alpha value is -0.780. The van der Waals surface area contributed by atoms with Gasteiger partial charge in [0, 0.05) is 0 Å². The van der Waals surface area contributed by atoms with Crippen LogP contribution in [0.15, 0.2) is 35.5 Å². The van der Waals surface area contributed by atoms with Crippen LogP contribution in [0.1, 0.15) is 26.2 Å². The monoisotopic (exact) mass is 146 g/mol. The Balaban J connectivity index is 2.25. The molecule has 2 aliphatic rings. The Morgan fingerprint density at radius 2 is 2.18 bits per heavy atom. The van der Waals surface area contributed by atoms with E-state index in [0.717, 1.165) is 5.92 Å². The van der Waals surface area contributed by atoms with Crippen LogP contribution in [0.3, 0.4) is 0 Å². The Morgan fingerprint density at radius 1 is 1.27 bits per heavy atom. The first kappa shape index (κ1) is 6.90. The zero-order chi connectivity index (χ0) is 7.68. The molecular weight excluding hydrogens is 132 g/mol. The van der Waals surface area contributed by atoms with Crippen molar-refractivity contribution < 1.29 is 0 Å². The lowest BCUT2D eigenvalue weighted by molar-refractivity contribution is 0.594. The van der Waals surface area contributed by atoms with E-state index in [0.29, 0.717) is 0 Å². The summed E-state index contributed by atoms with van der Waals surface area (Å²) in [5.74, 6) is 0.837. The molecule has 2 rings (SSSR count). The largest absolute Gasteiger partial charge is 0.0876 e. The minimum atomic E-state index is 0.837. The molecular formula is C11H14. The molecule has 0 heteroatoms. The van der Waals surface area contributed by atoms with E-state index in [4.69, 9.17) is 0 Å². The van der Waals surface area contributed by atoms with Gasteiger partial charge in [-0.2, -0.15) is 0 Å². The highest BCUT2D eigenvalue weighted by atomic mass is 14.2. The zero-order valence-corrected chi connectivity index (χ0v) is 7.01. The molecule has 0 heterocycles. The fourth-order valence-electron chi connectivity index (χ4n) is 1.90. The van der Waals surface area contributed by atoms with Crippen molar-refractivity contribution in [2.45, 2.75) is 26.2 Å². The average Bonchev–Trinajstić information content (AvgIpc) is 2.04. The second-order valence-corrected chi connectivity index (χ2v) is 3.51. The van der Waals surface area contributed by atoms with Gasteiger partial charge in [0.2, 0.25) is 0 Å². The van der Waals surface area contributed by atoms with Gasteiger partial charge in [0.1, 0.15) is 0 Å². The summed E-state index contributed by atoms with van der Waals surface area (Å²) in [5.41, 5.74) is 3.10. The highest BCUT2D eigenvalue weighted by Gasteiger charge is 2.16. The third kappa shape index (κ3) is 1.30. The molecule has 0 aromatic heterocycles. The van der Waals surface area contributed by atoms with Crippen molar-refractivity contribution >= 4 is 0 Å². The summed E-state index contributed by atoms with van der Waals surface area (Å²) < 4.78 is 0. The molecule has 0 aromatic rings. The van der Waals surface area contributed by atoms with E-state index in [-0.39, 0.29) is 0 Å². The number of fused-ring (bicyclic) bond motifs is 1. The molecule has 58 valence electrons. The first-order valence-electron chi connectivity index (χ1n) is 4.38. The molecule has 0 fully saturated rings. The van der Waals surface area contributed by atoms with Gasteiger partial charge in [0.25, 0.3) is 0 Å². The standard InChI is InChI=1S/C11H14/c1-9-6-7-10-4-2-3-5-11(10)8-9/h2-3,6,8,10H,4-5,7H2,1H3. The molecule has 0 bridgehead atoms. The van der Waals surface area contributed by atoms with Gasteiger partial charge in [0.05, 0.1) is 0 Å². The molecule has 0 saturated heterocycles. The van der Waals surface area contributed by atoms with Gasteiger partial charge in [-0.1, -0.05) is 35.5 Å². The molecule has 0 N–H and O–H groups in total. The molecule has 0 aromatic carbocycles. The van der Waals surface area contributed by atoms with Gasteiger partial charge < -0.3 is 0 Å². The Kier molecular flexibility index (Phi) is 1.69. The SMILES string of the molecule is CC1=CCC2CC=CCC2=C1. The fourth-order valence-corrected chi connectivity index (χ4v) is 1.90. The van der Waals surface area contributed by atoms with Crippen molar-refractivity contribution in [2.24, 2.45) is 5.92 Å². The van der Waals surface area contributed by atoms with Gasteiger partial charge in [0.15, 0.2) is 0 Å². The van der Waals surface area contributed by atoms with Gasteiger partial charge in [-0.3, -0.25) is 0 Å². The van der Waals surface area contributed by atoms with Gasteiger partial charge in [-0.25, -0.2) is 0 Å². The van der Waals surface area contributed by atoms with Crippen molar-refractivity contribution in [2.75, 3.05) is 0 Å². The van der Waals surface area contributed by atoms with Crippen LogP contribution in [0.25, 0.3) is 0 Å². The van der Waals surface area contributed by atoms with Gasteiger partial charge >= 0.3 is 0 Å². The molecule has 1 atom stereocenters. The van der Waals surface area contributed by atoms with E-state index in [1.807, 2.05) is 0 Å². The van der Waals surface area contributed by atoms with Crippen LogP contribution in [0.2, 0.25) is 0 Å². The molecule has 1 unspecified atom stereocenters. The van der Waals surface area contributed by atoms with Crippen LogP contribution in [0, 0.1) is 5.92 Å². The summed E-state index contributed by atoms with van der Waals surface area (Å²) in [6, 6.07) is 0. The molecule has 0 radical (unpaired) electrons. The Labute approximate surface area is 68.3 Å². The summed E-state index contributed by atoms with van der Waals surface area (Å²) in [7, 11) is 0. The van der Waals surface area contributed by atoms with E-state index >= 15 is 0 Å². The predicted octanol–water partition coefficient (Wildman–Crippen LogP) is 3.23. The molecule has 0 spiro atoms. The van der Waals surface area contributed by atoms with Crippen LogP contribution >= 0.6 is 0 Å². The first-order chi connectivity index (χ1) is 5.36. The number of hydrogen-bond donors (Lipinski definition) is 0. The molecule has 0 aliphatic heterocycles. The highest BCUT2D eigenvalue weighted by Crippen LogP contribution is 2.32. The lowest BCUT2D eigenvalue weighted by Gasteiger charge is -2.24. The molecule has 11 heavy (non-hydrogen) atoms. The summed E-state index contributed by atoms with van der Waals surface area (Å²) in [6.07, 6.45) is 13.0. The molecule has 0 saturated carbocycles. The smallest absolute Gasteiger partial charge is 0.0128 e. The Morgan fingerprint density at radius 3 is 3.09 bits per heavy atom. The van der Waals surface area contributed by atoms with Gasteiger partial charge in [-0.05, 0) is 32.1 Å². The summed E-state index contributed by atoms with van der Waals surface area (Å²) in [5, 5.41) is 0. The van der Waals surface area contributed by atoms with Crippen LogP contribution in [-0.2, 0) is 0 Å². The van der Waals surface area contributed by atoms with E-state index in [1.54, 1.807) is 5.57 Å². The van der Waals surface area contributed by atoms with Crippen LogP contribution in [-0.4, -0.2) is 0 Å². The number of rotatable bonds is 0. The minimum absolute atomic E-state index is 0.837. The predicted molar refractivity (Wildman–Crippen MR) is 48.3 cm³/mol. The third-order valence-corrected chi connectivity index (χ3v) is 2.60. The van der Waals surface area contributed by atoms with Gasteiger partial charge in [-0.15, -0.1) is 0 Å². The maximum atomic E-state index is 2.36. The van der Waals surface area contributed by atoms with Crippen molar-refractivity contribution in [1.82, 2.24) is 0 Å². The first-order valence-corrected chi connectivity index (χ1v) is 4.38. The second-order valence-electron chi connectivity index (χ2n) is 3.51. The summed E-state index contributed by atoms with van der Waals surface area (Å²) in [4.78, 5) is 0. The molecule has 2 aliphatic carbocycles. The minimum Gasteiger partial charge on any atom is -0.0876 e. The van der Waals surface area contributed by atoms with Crippen LogP contribution in [0.4, 0.5) is 0 Å². The van der Waals surface area contributed by atoms with E-state index in [9.17, 15) is 0 Å². The van der Waals surface area contributed by atoms with Crippen LogP contribution < -0.4 is 0 Å². The molecule has 0 nitrogen and oxygen atoms in total. The molecule has 0 amide bonds. The zero-order valence-electron chi connectivity index (χ0n) is 7.01. The topological polar surface area (TPSA) is 0 Å². The van der Waals surface area contributed by atoms with Crippen molar-refractivity contribution in [3.63, 3.8) is 0 Å². The maximum absolute atomic E-state index is 2.36. The van der Waals surface area contributed by atoms with E-state index < -0.39 is 0 Å². The summed E-state index contributed by atoms with van der Waals surface area (Å²) >= 11 is 0. The Bertz CT molecular complexity index is 241. The highest BCUT2D eigenvalue weighted by molar-refractivity contribution is 5.31. The number of allylic oxidation sites excluding steroid dienone is 6. The van der Waals surface area contributed by atoms with E-state index in [2.05, 4.69) is 31.2 Å². The third-order valence-electron chi connectivity index (χ3n) is 2.60. The second kappa shape index (κ2) is 2.69. The summed E-state index contributed by atoms with van der Waals surface area (Å²) in [6.45, 7) is 2.20. The fraction of sp³-hybridized carbons (Fsp3) is 0.455. The van der Waals surface area contributed by atoms with E-state index in [1.165, 1.54) is 24.8 Å². The van der Waals surface area contributed by atoms with Crippen molar-refractivity contribution in [1.29, 1.82) is 0 Å². The lowest BCUT2D eigenvalue weighted by atomic mass is 9.82. The van der Waals surface area contributed by atoms with Crippen LogP contribution in [0.5, 0.6) is 0 Å². The average molecular weight is 146 g/mol. The quantitative estimate of drug-likeness (QED) is 0.460. The van der Waals surface area contributed by atoms with Crippen molar-refractivity contribution in [3.05, 3.63) is 35.5 Å².